The molecule has 1 heterocycles. The van der Waals surface area contributed by atoms with E-state index < -0.39 is 12.2 Å². The smallest absolute Gasteiger partial charge is 0.295 e. The van der Waals surface area contributed by atoms with Crippen LogP contribution in [0.1, 0.15) is 17.9 Å². The van der Waals surface area contributed by atoms with Crippen LogP contribution in [0.2, 0.25) is 0 Å². The highest BCUT2D eigenvalue weighted by Gasteiger charge is 2.10. The molecule has 0 spiro atoms. The zero-order chi connectivity index (χ0) is 8.97. The quantitative estimate of drug-likeness (QED) is 0.652. The number of hydrogen-bond acceptors (Lipinski definition) is 2. The molecule has 1 aromatic rings. The predicted octanol–water partition coefficient (Wildman–Crippen LogP) is 1.56. The van der Waals surface area contributed by atoms with E-state index >= 15 is 0 Å². The molecule has 0 aliphatic carbocycles. The topological polar surface area (TPSA) is 33.4 Å². The van der Waals surface area contributed by atoms with Gasteiger partial charge in [-0.2, -0.15) is 0 Å². The Kier molecular flexibility index (Phi) is 2.83. The summed E-state index contributed by atoms with van der Waals surface area (Å²) in [6.07, 6.45) is -2.62. The average Bonchev–Trinajstić information content (AvgIpc) is 2.48. The summed E-state index contributed by atoms with van der Waals surface area (Å²) in [6, 6.07) is 2.50. The van der Waals surface area contributed by atoms with Crippen molar-refractivity contribution in [1.29, 1.82) is 0 Å². The molecule has 0 radical (unpaired) electrons. The van der Waals surface area contributed by atoms with Gasteiger partial charge >= 0.3 is 0 Å². The summed E-state index contributed by atoms with van der Waals surface area (Å²) >= 11 is 0. The van der Waals surface area contributed by atoms with Crippen LogP contribution in [0, 0.1) is 11.8 Å². The molecule has 2 nitrogen and oxygen atoms in total. The average molecular weight is 172 g/mol. The second kappa shape index (κ2) is 3.88. The molecule has 0 fully saturated rings. The van der Waals surface area contributed by atoms with Crippen molar-refractivity contribution in [2.75, 3.05) is 6.61 Å². The first kappa shape index (κ1) is 8.75. The van der Waals surface area contributed by atoms with Crippen molar-refractivity contribution in [2.45, 2.75) is 6.43 Å². The van der Waals surface area contributed by atoms with Gasteiger partial charge in [-0.15, -0.1) is 0 Å². The summed E-state index contributed by atoms with van der Waals surface area (Å²) in [5.74, 6) is 4.39. The van der Waals surface area contributed by atoms with Crippen molar-refractivity contribution in [3.63, 3.8) is 0 Å². The van der Waals surface area contributed by atoms with Crippen molar-refractivity contribution < 1.29 is 18.3 Å². The van der Waals surface area contributed by atoms with Gasteiger partial charge in [0.25, 0.3) is 6.43 Å². The maximum atomic E-state index is 11.9. The molecule has 0 aliphatic rings. The van der Waals surface area contributed by atoms with Gasteiger partial charge in [-0.1, -0.05) is 5.92 Å². The fourth-order valence-corrected chi connectivity index (χ4v) is 0.664. The normalized spacial score (nSPS) is 9.67. The van der Waals surface area contributed by atoms with E-state index in [1.807, 2.05) is 0 Å². The molecule has 1 aromatic heterocycles. The van der Waals surface area contributed by atoms with E-state index in [1.165, 1.54) is 6.07 Å². The first-order valence-electron chi connectivity index (χ1n) is 3.21. The molecule has 4 heteroatoms. The highest BCUT2D eigenvalue weighted by Crippen LogP contribution is 2.20. The Labute approximate surface area is 67.8 Å². The monoisotopic (exact) mass is 172 g/mol. The Morgan fingerprint density at radius 3 is 2.75 bits per heavy atom. The summed E-state index contributed by atoms with van der Waals surface area (Å²) < 4.78 is 28.4. The Hall–Kier alpha value is -1.34. The summed E-state index contributed by atoms with van der Waals surface area (Å²) in [7, 11) is 0. The van der Waals surface area contributed by atoms with Gasteiger partial charge in [0.1, 0.15) is 6.61 Å². The van der Waals surface area contributed by atoms with Crippen molar-refractivity contribution in [2.24, 2.45) is 0 Å². The molecule has 0 unspecified atom stereocenters. The van der Waals surface area contributed by atoms with Crippen LogP contribution in [0.4, 0.5) is 8.78 Å². The van der Waals surface area contributed by atoms with Crippen LogP contribution >= 0.6 is 0 Å². The second-order valence-electron chi connectivity index (χ2n) is 1.96. The third-order valence-electron chi connectivity index (χ3n) is 1.13. The second-order valence-corrected chi connectivity index (χ2v) is 1.96. The minimum Gasteiger partial charge on any atom is -0.447 e. The van der Waals surface area contributed by atoms with Crippen molar-refractivity contribution in [3.05, 3.63) is 23.7 Å². The van der Waals surface area contributed by atoms with Crippen LogP contribution in [0.25, 0.3) is 0 Å². The van der Waals surface area contributed by atoms with Crippen LogP contribution in [0.3, 0.4) is 0 Å². The molecule has 64 valence electrons. The Balaban J connectivity index is 2.77. The van der Waals surface area contributed by atoms with Gasteiger partial charge in [0.05, 0.1) is 0 Å². The Morgan fingerprint density at radius 1 is 1.50 bits per heavy atom. The fraction of sp³-hybridized carbons (Fsp3) is 0.250. The predicted molar refractivity (Wildman–Crippen MR) is 37.6 cm³/mol. The van der Waals surface area contributed by atoms with Crippen molar-refractivity contribution >= 4 is 0 Å². The largest absolute Gasteiger partial charge is 0.447 e. The lowest BCUT2D eigenvalue weighted by Gasteiger charge is -1.88. The molecular weight excluding hydrogens is 166 g/mol. The van der Waals surface area contributed by atoms with Gasteiger partial charge < -0.3 is 9.52 Å². The minimum atomic E-state index is -2.62. The van der Waals surface area contributed by atoms with Crippen LogP contribution < -0.4 is 0 Å². The standard InChI is InChI=1S/C8H6F2O2/c9-8(10)7-4-3-6(12-7)2-1-5-11/h3-4,8,11H,5H2. The molecule has 0 atom stereocenters. The lowest BCUT2D eigenvalue weighted by molar-refractivity contribution is 0.121. The molecule has 0 aromatic carbocycles. The first-order valence-corrected chi connectivity index (χ1v) is 3.21. The number of furan rings is 1. The summed E-state index contributed by atoms with van der Waals surface area (Å²) in [6.45, 7) is -0.315. The molecule has 12 heavy (non-hydrogen) atoms. The Morgan fingerprint density at radius 2 is 2.25 bits per heavy atom. The van der Waals surface area contributed by atoms with Gasteiger partial charge in [-0.05, 0) is 18.1 Å². The molecular formula is C8H6F2O2. The molecule has 0 saturated carbocycles. The highest BCUT2D eigenvalue weighted by molar-refractivity contribution is 5.26. The lowest BCUT2D eigenvalue weighted by atomic mass is 10.4. The first-order chi connectivity index (χ1) is 5.74. The van der Waals surface area contributed by atoms with Gasteiger partial charge in [-0.25, -0.2) is 8.78 Å². The highest BCUT2D eigenvalue weighted by atomic mass is 19.3. The molecule has 1 N–H and O–H groups in total. The fourth-order valence-electron chi connectivity index (χ4n) is 0.664. The molecule has 1 rings (SSSR count). The molecule has 0 aliphatic heterocycles. The summed E-state index contributed by atoms with van der Waals surface area (Å²) in [5, 5.41) is 8.28. The zero-order valence-corrected chi connectivity index (χ0v) is 6.05. The lowest BCUT2D eigenvalue weighted by Crippen LogP contribution is -1.76. The van der Waals surface area contributed by atoms with E-state index in [0.29, 0.717) is 0 Å². The van der Waals surface area contributed by atoms with Gasteiger partial charge in [0.2, 0.25) is 0 Å². The van der Waals surface area contributed by atoms with E-state index in [2.05, 4.69) is 16.3 Å². The van der Waals surface area contributed by atoms with Crippen molar-refractivity contribution in [1.82, 2.24) is 0 Å². The van der Waals surface area contributed by atoms with Crippen molar-refractivity contribution in [3.8, 4) is 11.8 Å². The third kappa shape index (κ3) is 2.07. The summed E-state index contributed by atoms with van der Waals surface area (Å²) in [5.41, 5.74) is 0. The molecule has 0 bridgehead atoms. The van der Waals surface area contributed by atoms with E-state index in [4.69, 9.17) is 5.11 Å². The number of rotatable bonds is 1. The number of aliphatic hydroxyl groups excluding tert-OH is 1. The van der Waals surface area contributed by atoms with E-state index in [1.54, 1.807) is 0 Å². The zero-order valence-electron chi connectivity index (χ0n) is 6.05. The van der Waals surface area contributed by atoms with Gasteiger partial charge in [0.15, 0.2) is 11.5 Å². The van der Waals surface area contributed by atoms with Crippen LogP contribution in [-0.2, 0) is 0 Å². The number of aliphatic hydroxyl groups is 1. The molecule has 0 saturated heterocycles. The molecule has 0 amide bonds. The number of halogens is 2. The number of hydrogen-bond donors (Lipinski definition) is 1. The third-order valence-corrected chi connectivity index (χ3v) is 1.13. The Bertz CT molecular complexity index is 306. The van der Waals surface area contributed by atoms with E-state index in [9.17, 15) is 8.78 Å². The maximum Gasteiger partial charge on any atom is 0.295 e. The maximum absolute atomic E-state index is 11.9. The van der Waals surface area contributed by atoms with Gasteiger partial charge in [0, 0.05) is 0 Å². The number of alkyl halides is 2. The summed E-state index contributed by atoms with van der Waals surface area (Å²) in [4.78, 5) is 0. The van der Waals surface area contributed by atoms with E-state index in [0.717, 1.165) is 6.07 Å². The van der Waals surface area contributed by atoms with Crippen LogP contribution in [0.5, 0.6) is 0 Å². The van der Waals surface area contributed by atoms with Gasteiger partial charge in [-0.3, -0.25) is 0 Å². The van der Waals surface area contributed by atoms with E-state index in [-0.39, 0.29) is 12.4 Å². The SMILES string of the molecule is OCC#Cc1ccc(C(F)F)o1. The van der Waals surface area contributed by atoms with Crippen LogP contribution in [0.15, 0.2) is 16.5 Å². The van der Waals surface area contributed by atoms with Crippen LogP contribution in [-0.4, -0.2) is 11.7 Å². The minimum absolute atomic E-state index is 0.138.